The van der Waals surface area contributed by atoms with Crippen molar-refractivity contribution in [3.8, 4) is 0 Å². The van der Waals surface area contributed by atoms with Crippen molar-refractivity contribution in [3.63, 3.8) is 0 Å². The molecule has 0 aliphatic carbocycles. The lowest BCUT2D eigenvalue weighted by atomic mass is 10.0. The van der Waals surface area contributed by atoms with Crippen molar-refractivity contribution in [2.45, 2.75) is 26.3 Å². The molecule has 0 spiro atoms. The summed E-state index contributed by atoms with van der Waals surface area (Å²) < 4.78 is 41.3. The third kappa shape index (κ3) is 4.69. The molecule has 0 radical (unpaired) electrons. The molecule has 0 aliphatic heterocycles. The Labute approximate surface area is 180 Å². The molecule has 0 amide bonds. The van der Waals surface area contributed by atoms with Gasteiger partial charge in [-0.15, -0.1) is 0 Å². The van der Waals surface area contributed by atoms with E-state index in [1.807, 2.05) is 14.1 Å². The Balaban J connectivity index is 2.02. The molecule has 158 valence electrons. The molecule has 1 unspecified atom stereocenters. The number of benzene rings is 1. The fourth-order valence-corrected chi connectivity index (χ4v) is 3.27. The van der Waals surface area contributed by atoms with E-state index in [4.69, 9.17) is 0 Å². The summed E-state index contributed by atoms with van der Waals surface area (Å²) in [6.07, 6.45) is -1.27. The SMILES string of the molecule is Cc1nc(NC(C)c2cccc(C(F)F)c2F)c2cc(Br)c(N=CN(C)C)nc2n1. The number of aryl methyl sites for hydroxylation is 1. The average Bonchev–Trinajstić information content (AvgIpc) is 2.66. The normalized spacial score (nSPS) is 12.7. The second-order valence-corrected chi connectivity index (χ2v) is 7.76. The lowest BCUT2D eigenvalue weighted by Gasteiger charge is -2.18. The highest BCUT2D eigenvalue weighted by molar-refractivity contribution is 9.10. The Hall–Kier alpha value is -2.75. The van der Waals surface area contributed by atoms with E-state index in [1.165, 1.54) is 12.1 Å². The van der Waals surface area contributed by atoms with Crippen molar-refractivity contribution in [2.75, 3.05) is 19.4 Å². The number of nitrogens with one attached hydrogen (secondary N) is 1. The van der Waals surface area contributed by atoms with Gasteiger partial charge >= 0.3 is 0 Å². The minimum atomic E-state index is -2.89. The molecule has 30 heavy (non-hydrogen) atoms. The van der Waals surface area contributed by atoms with Crippen LogP contribution >= 0.6 is 15.9 Å². The molecule has 0 aliphatic rings. The Morgan fingerprint density at radius 2 is 1.87 bits per heavy atom. The number of nitrogens with zero attached hydrogens (tertiary/aromatic N) is 5. The quantitative estimate of drug-likeness (QED) is 0.369. The molecule has 0 saturated heterocycles. The van der Waals surface area contributed by atoms with Gasteiger partial charge < -0.3 is 10.2 Å². The van der Waals surface area contributed by atoms with Crippen molar-refractivity contribution >= 4 is 44.9 Å². The second-order valence-electron chi connectivity index (χ2n) is 6.91. The molecule has 3 aromatic rings. The maximum absolute atomic E-state index is 14.5. The summed E-state index contributed by atoms with van der Waals surface area (Å²) in [5, 5.41) is 3.69. The first-order valence-electron chi connectivity index (χ1n) is 9.06. The molecule has 0 bridgehead atoms. The lowest BCUT2D eigenvalue weighted by molar-refractivity contribution is 0.146. The van der Waals surface area contributed by atoms with Gasteiger partial charge in [-0.3, -0.25) is 0 Å². The van der Waals surface area contributed by atoms with Crippen LogP contribution in [0.3, 0.4) is 0 Å². The molecule has 2 aromatic heterocycles. The molecular weight excluding hydrogens is 461 g/mol. The fourth-order valence-electron chi connectivity index (χ4n) is 2.85. The van der Waals surface area contributed by atoms with Gasteiger partial charge in [0.1, 0.15) is 17.5 Å². The van der Waals surface area contributed by atoms with Crippen LogP contribution in [0.2, 0.25) is 0 Å². The number of hydrogen-bond acceptors (Lipinski definition) is 5. The number of hydrogen-bond donors (Lipinski definition) is 1. The van der Waals surface area contributed by atoms with E-state index in [-0.39, 0.29) is 5.56 Å². The smallest absolute Gasteiger partial charge is 0.266 e. The number of halogens is 4. The molecule has 1 atom stereocenters. The predicted molar refractivity (Wildman–Crippen MR) is 115 cm³/mol. The monoisotopic (exact) mass is 480 g/mol. The first-order chi connectivity index (χ1) is 14.2. The summed E-state index contributed by atoms with van der Waals surface area (Å²) >= 11 is 3.45. The number of alkyl halides is 2. The summed E-state index contributed by atoms with van der Waals surface area (Å²) in [4.78, 5) is 19.3. The highest BCUT2D eigenvalue weighted by atomic mass is 79.9. The summed E-state index contributed by atoms with van der Waals surface area (Å²) in [5.74, 6) is 0.394. The van der Waals surface area contributed by atoms with Gasteiger partial charge in [0.2, 0.25) is 0 Å². The third-order valence-electron chi connectivity index (χ3n) is 4.26. The maximum atomic E-state index is 14.5. The van der Waals surface area contributed by atoms with Crippen LogP contribution in [0.25, 0.3) is 11.0 Å². The van der Waals surface area contributed by atoms with Crippen LogP contribution in [0, 0.1) is 12.7 Å². The van der Waals surface area contributed by atoms with Gasteiger partial charge in [-0.1, -0.05) is 18.2 Å². The summed E-state index contributed by atoms with van der Waals surface area (Å²) in [5.41, 5.74) is -0.0952. The van der Waals surface area contributed by atoms with Crippen LogP contribution < -0.4 is 5.32 Å². The minimum absolute atomic E-state index is 0.122. The lowest BCUT2D eigenvalue weighted by Crippen LogP contribution is -2.12. The molecule has 0 fully saturated rings. The Kier molecular flexibility index (Phi) is 6.55. The molecule has 2 heterocycles. The molecule has 10 heteroatoms. The van der Waals surface area contributed by atoms with Crippen molar-refractivity contribution < 1.29 is 13.2 Å². The summed E-state index contributed by atoms with van der Waals surface area (Å²) in [6, 6.07) is 5.11. The number of aliphatic imine (C=N–C) groups is 1. The number of anilines is 1. The van der Waals surface area contributed by atoms with E-state index in [1.54, 1.807) is 31.2 Å². The molecule has 1 aromatic carbocycles. The number of fused-ring (bicyclic) bond motifs is 1. The van der Waals surface area contributed by atoms with E-state index in [0.29, 0.717) is 33.0 Å². The van der Waals surface area contributed by atoms with Gasteiger partial charge in [-0.2, -0.15) is 0 Å². The Bertz CT molecular complexity index is 1100. The van der Waals surface area contributed by atoms with Crippen molar-refractivity contribution in [2.24, 2.45) is 4.99 Å². The zero-order valence-electron chi connectivity index (χ0n) is 16.8. The minimum Gasteiger partial charge on any atom is -0.369 e. The first kappa shape index (κ1) is 21.9. The zero-order valence-corrected chi connectivity index (χ0v) is 18.4. The van der Waals surface area contributed by atoms with Crippen LogP contribution in [0.1, 0.15) is 36.3 Å². The van der Waals surface area contributed by atoms with Crippen LogP contribution in [-0.4, -0.2) is 40.3 Å². The van der Waals surface area contributed by atoms with Crippen LogP contribution in [0.5, 0.6) is 0 Å². The summed E-state index contributed by atoms with van der Waals surface area (Å²) in [6.45, 7) is 3.38. The zero-order chi connectivity index (χ0) is 22.0. The van der Waals surface area contributed by atoms with Crippen LogP contribution in [0.15, 0.2) is 33.7 Å². The van der Waals surface area contributed by atoms with Crippen molar-refractivity contribution in [3.05, 3.63) is 51.5 Å². The summed E-state index contributed by atoms with van der Waals surface area (Å²) in [7, 11) is 3.69. The van der Waals surface area contributed by atoms with Gasteiger partial charge in [0, 0.05) is 19.7 Å². The van der Waals surface area contributed by atoms with Gasteiger partial charge in [0.05, 0.1) is 27.8 Å². The van der Waals surface area contributed by atoms with E-state index in [9.17, 15) is 13.2 Å². The Morgan fingerprint density at radius 3 is 2.53 bits per heavy atom. The molecule has 1 N–H and O–H groups in total. The van der Waals surface area contributed by atoms with Crippen LogP contribution in [0.4, 0.5) is 24.8 Å². The maximum Gasteiger partial charge on any atom is 0.266 e. The van der Waals surface area contributed by atoms with Gasteiger partial charge in [0.15, 0.2) is 11.5 Å². The highest BCUT2D eigenvalue weighted by Crippen LogP contribution is 2.33. The molecule has 3 rings (SSSR count). The van der Waals surface area contributed by atoms with Crippen molar-refractivity contribution in [1.29, 1.82) is 0 Å². The average molecular weight is 481 g/mol. The van der Waals surface area contributed by atoms with E-state index < -0.39 is 23.8 Å². The third-order valence-corrected chi connectivity index (χ3v) is 4.84. The van der Waals surface area contributed by atoms with E-state index in [0.717, 1.165) is 6.07 Å². The highest BCUT2D eigenvalue weighted by Gasteiger charge is 2.20. The molecule has 0 saturated carbocycles. The van der Waals surface area contributed by atoms with E-state index >= 15 is 0 Å². The molecular formula is C20H20BrF3N6. The first-order valence-corrected chi connectivity index (χ1v) is 9.85. The van der Waals surface area contributed by atoms with Gasteiger partial charge in [-0.25, -0.2) is 33.1 Å². The van der Waals surface area contributed by atoms with Gasteiger partial charge in [-0.05, 0) is 35.8 Å². The largest absolute Gasteiger partial charge is 0.369 e. The van der Waals surface area contributed by atoms with E-state index in [2.05, 4.69) is 41.2 Å². The topological polar surface area (TPSA) is 66.3 Å². The fraction of sp³-hybridized carbons (Fsp3) is 0.300. The number of pyridine rings is 1. The standard InChI is InChI=1S/C20H20BrF3N6/c1-10(12-6-5-7-13(16(12)22)17(23)24)26-18-14-8-15(21)20(25-9-30(3)4)29-19(14)28-11(2)27-18/h5-10,17H,1-4H3,(H,26,27,28,29). The number of rotatable bonds is 6. The van der Waals surface area contributed by atoms with Crippen LogP contribution in [-0.2, 0) is 0 Å². The van der Waals surface area contributed by atoms with Gasteiger partial charge in [0.25, 0.3) is 6.43 Å². The van der Waals surface area contributed by atoms with Crippen molar-refractivity contribution in [1.82, 2.24) is 19.9 Å². The predicted octanol–water partition coefficient (Wildman–Crippen LogP) is 5.57. The number of aromatic nitrogens is 3. The second kappa shape index (κ2) is 8.95. The molecule has 6 nitrogen and oxygen atoms in total. The Morgan fingerprint density at radius 1 is 1.17 bits per heavy atom.